The van der Waals surface area contributed by atoms with Crippen LogP contribution >= 0.6 is 0 Å². The molecule has 12 rings (SSSR count). The number of rotatable bonds is 7. The van der Waals surface area contributed by atoms with Crippen molar-refractivity contribution < 1.29 is 9.47 Å². The Labute approximate surface area is 365 Å². The lowest BCUT2D eigenvalue weighted by atomic mass is 9.67. The maximum Gasteiger partial charge on any atom is 0.170 e. The number of hydrogen-bond acceptors (Lipinski definition) is 5. The van der Waals surface area contributed by atoms with Crippen molar-refractivity contribution in [1.82, 2.24) is 15.0 Å². The monoisotopic (exact) mass is 807 g/mol. The highest BCUT2D eigenvalue weighted by Gasteiger charge is 2.46. The fraction of sp³-hybridized carbons (Fsp3) is 0.0172. The summed E-state index contributed by atoms with van der Waals surface area (Å²) >= 11 is 0. The second kappa shape index (κ2) is 14.9. The number of hydrogen-bond donors (Lipinski definition) is 0. The van der Waals surface area contributed by atoms with Gasteiger partial charge in [0.25, 0.3) is 0 Å². The van der Waals surface area contributed by atoms with Crippen molar-refractivity contribution in [2.24, 2.45) is 0 Å². The molecular weight excluding hydrogens is 771 g/mol. The molecule has 63 heavy (non-hydrogen) atoms. The quantitative estimate of drug-likeness (QED) is 0.161. The summed E-state index contributed by atoms with van der Waals surface area (Å²) in [5.41, 5.74) is 13.7. The summed E-state index contributed by atoms with van der Waals surface area (Å²) in [7, 11) is 0. The molecule has 9 aromatic carbocycles. The number of ether oxygens (including phenoxy) is 2. The van der Waals surface area contributed by atoms with Crippen molar-refractivity contribution in [1.29, 1.82) is 0 Å². The van der Waals surface area contributed by atoms with E-state index in [0.29, 0.717) is 40.5 Å². The van der Waals surface area contributed by atoms with Gasteiger partial charge in [-0.25, -0.2) is 15.0 Å². The van der Waals surface area contributed by atoms with Gasteiger partial charge in [-0.05, 0) is 92.0 Å². The fourth-order valence-electron chi connectivity index (χ4n) is 9.35. The van der Waals surface area contributed by atoms with E-state index in [4.69, 9.17) is 24.4 Å². The molecule has 1 aromatic heterocycles. The zero-order valence-corrected chi connectivity index (χ0v) is 34.0. The first kappa shape index (κ1) is 36.4. The minimum atomic E-state index is -0.615. The van der Waals surface area contributed by atoms with E-state index in [9.17, 15) is 0 Å². The Hall–Kier alpha value is -8.41. The Morgan fingerprint density at radius 1 is 0.270 bits per heavy atom. The van der Waals surface area contributed by atoms with Gasteiger partial charge in [0.05, 0.1) is 5.41 Å². The van der Waals surface area contributed by atoms with E-state index in [0.717, 1.165) is 50.1 Å². The fourth-order valence-corrected chi connectivity index (χ4v) is 9.35. The lowest BCUT2D eigenvalue weighted by molar-refractivity contribution is 0.359. The number of nitrogens with zero attached hydrogens (tertiary/aromatic N) is 3. The van der Waals surface area contributed by atoms with Gasteiger partial charge in [0, 0.05) is 16.7 Å². The molecule has 0 radical (unpaired) electrons. The molecule has 0 unspecified atom stereocenters. The van der Waals surface area contributed by atoms with Gasteiger partial charge in [-0.1, -0.05) is 188 Å². The lowest BCUT2D eigenvalue weighted by Gasteiger charge is -2.34. The van der Waals surface area contributed by atoms with Crippen LogP contribution in [0.15, 0.2) is 224 Å². The molecule has 0 bridgehead atoms. The van der Waals surface area contributed by atoms with E-state index in [1.54, 1.807) is 0 Å². The first-order valence-corrected chi connectivity index (χ1v) is 21.2. The molecule has 2 aliphatic rings. The van der Waals surface area contributed by atoms with Crippen molar-refractivity contribution in [2.75, 3.05) is 0 Å². The predicted octanol–water partition coefficient (Wildman–Crippen LogP) is 14.5. The molecule has 1 aliphatic heterocycles. The molecule has 0 N–H and O–H groups in total. The largest absolute Gasteiger partial charge is 0.450 e. The molecule has 0 amide bonds. The molecule has 0 spiro atoms. The summed E-state index contributed by atoms with van der Waals surface area (Å²) in [6.45, 7) is 0. The van der Waals surface area contributed by atoms with E-state index in [2.05, 4.69) is 158 Å². The van der Waals surface area contributed by atoms with Gasteiger partial charge in [0.1, 0.15) is 0 Å². The van der Waals surface area contributed by atoms with Crippen molar-refractivity contribution in [3.05, 3.63) is 247 Å². The standard InChI is InChI=1S/C58H37N3O2/c1-3-15-38(16-4-1)41-19-13-21-43(35-41)56-59-55(40-17-5-2-6-18-40)60-57(61-56)44-22-14-20-42(36-44)39-29-31-45(32-30-39)58(49-25-9-7-23-47(49)48-24-8-10-26-50(48)58)46-33-34-53-54(37-46)63-52-28-12-11-27-51(52)62-53/h1-37H. The SMILES string of the molecule is c1ccc(-c2cccc(-c3nc(-c4ccccc4)nc(-c4cccc(-c5ccc(C6(c7ccc8c(c7)Oc7ccccc7O8)c7ccccc7-c7ccccc76)cc5)c4)n3)c2)cc1. The summed E-state index contributed by atoms with van der Waals surface area (Å²) in [4.78, 5) is 15.2. The van der Waals surface area contributed by atoms with Crippen LogP contribution in [0.3, 0.4) is 0 Å². The van der Waals surface area contributed by atoms with Gasteiger partial charge in [-0.3, -0.25) is 0 Å². The van der Waals surface area contributed by atoms with Crippen LogP contribution in [0.1, 0.15) is 22.3 Å². The summed E-state index contributed by atoms with van der Waals surface area (Å²) in [5, 5.41) is 0. The Morgan fingerprint density at radius 2 is 0.683 bits per heavy atom. The molecule has 0 saturated carbocycles. The molecule has 1 aliphatic carbocycles. The van der Waals surface area contributed by atoms with Crippen LogP contribution in [0.25, 0.3) is 67.5 Å². The third kappa shape index (κ3) is 6.21. The third-order valence-electron chi connectivity index (χ3n) is 12.3. The first-order chi connectivity index (χ1) is 31.2. The molecule has 0 saturated heterocycles. The summed E-state index contributed by atoms with van der Waals surface area (Å²) in [6, 6.07) is 78.2. The van der Waals surface area contributed by atoms with E-state index < -0.39 is 5.41 Å². The molecule has 0 fully saturated rings. The molecule has 2 heterocycles. The van der Waals surface area contributed by atoms with Crippen LogP contribution in [-0.4, -0.2) is 15.0 Å². The van der Waals surface area contributed by atoms with Crippen LogP contribution < -0.4 is 9.47 Å². The predicted molar refractivity (Wildman–Crippen MR) is 251 cm³/mol. The molecule has 0 atom stereocenters. The summed E-state index contributed by atoms with van der Waals surface area (Å²) < 4.78 is 12.8. The van der Waals surface area contributed by atoms with Crippen LogP contribution in [0.4, 0.5) is 0 Å². The number of aromatic nitrogens is 3. The summed E-state index contributed by atoms with van der Waals surface area (Å²) in [5.74, 6) is 4.67. The average molecular weight is 808 g/mol. The normalized spacial score (nSPS) is 12.8. The zero-order valence-electron chi connectivity index (χ0n) is 34.0. The average Bonchev–Trinajstić information content (AvgIpc) is 3.67. The molecule has 5 nitrogen and oxygen atoms in total. The number of benzene rings is 9. The Balaban J connectivity index is 0.957. The van der Waals surface area contributed by atoms with Gasteiger partial charge in [-0.15, -0.1) is 0 Å². The highest BCUT2D eigenvalue weighted by molar-refractivity contribution is 5.87. The molecule has 296 valence electrons. The first-order valence-electron chi connectivity index (χ1n) is 21.2. The zero-order chi connectivity index (χ0) is 41.7. The summed E-state index contributed by atoms with van der Waals surface area (Å²) in [6.07, 6.45) is 0. The van der Waals surface area contributed by atoms with Crippen LogP contribution in [0, 0.1) is 0 Å². The van der Waals surface area contributed by atoms with Crippen LogP contribution in [0.5, 0.6) is 23.0 Å². The maximum atomic E-state index is 6.51. The highest BCUT2D eigenvalue weighted by atomic mass is 16.6. The van der Waals surface area contributed by atoms with Gasteiger partial charge >= 0.3 is 0 Å². The second-order valence-electron chi connectivity index (χ2n) is 15.9. The van der Waals surface area contributed by atoms with Gasteiger partial charge < -0.3 is 9.47 Å². The molecule has 10 aromatic rings. The second-order valence-corrected chi connectivity index (χ2v) is 15.9. The Morgan fingerprint density at radius 3 is 1.27 bits per heavy atom. The minimum Gasteiger partial charge on any atom is -0.450 e. The Bertz CT molecular complexity index is 3300. The van der Waals surface area contributed by atoms with Gasteiger partial charge in [-0.2, -0.15) is 0 Å². The van der Waals surface area contributed by atoms with Crippen LogP contribution in [0.2, 0.25) is 0 Å². The van der Waals surface area contributed by atoms with Crippen molar-refractivity contribution in [2.45, 2.75) is 5.41 Å². The molecule has 5 heteroatoms. The van der Waals surface area contributed by atoms with Gasteiger partial charge in [0.2, 0.25) is 0 Å². The number of para-hydroxylation sites is 2. The van der Waals surface area contributed by atoms with Gasteiger partial charge in [0.15, 0.2) is 40.5 Å². The van der Waals surface area contributed by atoms with E-state index >= 15 is 0 Å². The molecular formula is C58H37N3O2. The topological polar surface area (TPSA) is 57.1 Å². The smallest absolute Gasteiger partial charge is 0.170 e. The van der Waals surface area contributed by atoms with Crippen molar-refractivity contribution >= 4 is 0 Å². The Kier molecular flexibility index (Phi) is 8.64. The highest BCUT2D eigenvalue weighted by Crippen LogP contribution is 2.58. The van der Waals surface area contributed by atoms with Crippen LogP contribution in [-0.2, 0) is 5.41 Å². The van der Waals surface area contributed by atoms with Crippen molar-refractivity contribution in [3.8, 4) is 90.5 Å². The minimum absolute atomic E-state index is 0.613. The lowest BCUT2D eigenvalue weighted by Crippen LogP contribution is -2.28. The third-order valence-corrected chi connectivity index (χ3v) is 12.3. The van der Waals surface area contributed by atoms with E-state index in [-0.39, 0.29) is 0 Å². The van der Waals surface area contributed by atoms with E-state index in [1.807, 2.05) is 66.7 Å². The number of fused-ring (bicyclic) bond motifs is 5. The maximum absolute atomic E-state index is 6.51. The van der Waals surface area contributed by atoms with Crippen molar-refractivity contribution in [3.63, 3.8) is 0 Å². The van der Waals surface area contributed by atoms with E-state index in [1.165, 1.54) is 22.3 Å².